The maximum Gasteiger partial charge on any atom is 0.244 e. The highest BCUT2D eigenvalue weighted by atomic mass is 28.4. The number of rotatable bonds is 54. The van der Waals surface area contributed by atoms with Gasteiger partial charge in [0.2, 0.25) is 18.1 Å². The monoisotopic (exact) mass is 1410 g/mol. The molecule has 9 nitrogen and oxygen atoms in total. The Morgan fingerprint density at radius 3 is 0.434 bits per heavy atom. The molecule has 0 aromatic heterocycles. The Labute approximate surface area is 612 Å². The van der Waals surface area contributed by atoms with Crippen LogP contribution < -0.4 is 58.6 Å². The summed E-state index contributed by atoms with van der Waals surface area (Å²) in [7, 11) is -7.09. The molecule has 0 fully saturated rings. The minimum Gasteiger partial charge on any atom is -0.488 e. The first-order valence-corrected chi connectivity index (χ1v) is 43.6. The molecule has 99 heavy (non-hydrogen) atoms. The summed E-state index contributed by atoms with van der Waals surface area (Å²) in [5.41, 5.74) is -4.59. The molecule has 564 valence electrons. The number of benzene rings is 4. The van der Waals surface area contributed by atoms with Gasteiger partial charge in [-0.25, -0.2) is 0 Å². The van der Waals surface area contributed by atoms with Crippen molar-refractivity contribution in [2.24, 2.45) is 0 Å². The van der Waals surface area contributed by atoms with Crippen molar-refractivity contribution in [2.45, 2.75) is 416 Å². The smallest absolute Gasteiger partial charge is 0.244 e. The quantitative estimate of drug-likeness (QED) is 0.0317. The molecule has 4 aromatic rings. The summed E-state index contributed by atoms with van der Waals surface area (Å²) in [6.45, 7) is 54.4. The summed E-state index contributed by atoms with van der Waals surface area (Å²) in [6.07, 6.45) is 33.0. The molecule has 0 bridgehead atoms. The van der Waals surface area contributed by atoms with Crippen molar-refractivity contribution in [3.05, 3.63) is 72.8 Å². The van der Waals surface area contributed by atoms with Crippen molar-refractivity contribution < 1.29 is 42.0 Å². The van der Waals surface area contributed by atoms with Crippen LogP contribution in [0, 0.1) is 0 Å². The van der Waals surface area contributed by atoms with Gasteiger partial charge in [0.1, 0.15) is 90.8 Å². The molecule has 0 radical (unpaired) electrons. The summed E-state index contributed by atoms with van der Waals surface area (Å²) >= 11 is 0. The first-order valence-electron chi connectivity index (χ1n) is 40.4. The molecule has 0 spiro atoms. The average molecular weight is 1410 g/mol. The number of hydrogen-bond donors (Lipinski definition) is 0. The molecule has 0 saturated heterocycles. The lowest BCUT2D eigenvalue weighted by Crippen LogP contribution is -2.59. The number of unbranched alkanes of at least 4 members (excludes halogenated alkanes) is 16. The van der Waals surface area contributed by atoms with Gasteiger partial charge in [0.05, 0.1) is 20.7 Å². The van der Waals surface area contributed by atoms with E-state index in [0.717, 1.165) is 272 Å². The second-order valence-electron chi connectivity index (χ2n) is 34.1. The van der Waals surface area contributed by atoms with Crippen molar-refractivity contribution in [2.75, 3.05) is 0 Å². The Kier molecular flexibility index (Phi) is 36.8. The fourth-order valence-corrected chi connectivity index (χ4v) is 20.9. The summed E-state index contributed by atoms with van der Waals surface area (Å²) in [6, 6.07) is 26.1. The van der Waals surface area contributed by atoms with E-state index in [-0.39, 0.29) is 0 Å². The van der Waals surface area contributed by atoms with Crippen LogP contribution in [-0.2, 0) is 4.12 Å². The van der Waals surface area contributed by atoms with Crippen molar-refractivity contribution in [3.63, 3.8) is 0 Å². The van der Waals surface area contributed by atoms with Crippen LogP contribution in [0.15, 0.2) is 72.8 Å². The lowest BCUT2D eigenvalue weighted by molar-refractivity contribution is 0.0886. The second kappa shape index (κ2) is 41.8. The van der Waals surface area contributed by atoms with Crippen LogP contribution in [0.1, 0.15) is 372 Å². The van der Waals surface area contributed by atoms with Gasteiger partial charge < -0.3 is 42.0 Å². The maximum absolute atomic E-state index is 9.26. The fourth-order valence-electron chi connectivity index (χ4n) is 13.7. The molecule has 0 unspecified atom stereocenters. The lowest BCUT2D eigenvalue weighted by atomic mass is 10.00. The summed E-state index contributed by atoms with van der Waals surface area (Å²) < 4.78 is 71.6. The highest BCUT2D eigenvalue weighted by Gasteiger charge is 2.45. The van der Waals surface area contributed by atoms with Crippen LogP contribution in [0.3, 0.4) is 0 Å². The van der Waals surface area contributed by atoms with Crippen molar-refractivity contribution in [3.8, 4) is 46.0 Å². The highest BCUT2D eigenvalue weighted by molar-refractivity contribution is 6.94. The fraction of sp³-hybridized carbons (Fsp3) is 0.727. The van der Waals surface area contributed by atoms with Crippen molar-refractivity contribution >= 4 is 38.8 Å². The van der Waals surface area contributed by atoms with Crippen LogP contribution in [0.2, 0.25) is 0 Å². The normalized spacial score (nSPS) is 12.9. The van der Waals surface area contributed by atoms with Gasteiger partial charge in [0.25, 0.3) is 0 Å². The zero-order valence-electron chi connectivity index (χ0n) is 68.4. The van der Waals surface area contributed by atoms with E-state index in [1.54, 1.807) is 0 Å². The molecule has 0 atom stereocenters. The molecule has 0 amide bonds. The predicted molar refractivity (Wildman–Crippen MR) is 430 cm³/mol. The van der Waals surface area contributed by atoms with E-state index >= 15 is 0 Å². The summed E-state index contributed by atoms with van der Waals surface area (Å²) in [5, 5.41) is 3.66. The van der Waals surface area contributed by atoms with E-state index in [0.29, 0.717) is 0 Å². The zero-order valence-corrected chi connectivity index (χ0v) is 70.7. The molecule has 4 aromatic carbocycles. The molecule has 0 aliphatic rings. The summed E-state index contributed by atoms with van der Waals surface area (Å²) in [4.78, 5) is 0. The Bertz CT molecular complexity index is 2350. The van der Waals surface area contributed by atoms with Crippen LogP contribution in [0.4, 0.5) is 0 Å². The molecule has 4 rings (SSSR count). The van der Waals surface area contributed by atoms with Gasteiger partial charge in [-0.1, -0.05) is 182 Å². The summed E-state index contributed by atoms with van der Waals surface area (Å²) in [5.74, 6) is 5.99. The van der Waals surface area contributed by atoms with E-state index in [1.807, 2.05) is 0 Å². The van der Waals surface area contributed by atoms with Crippen molar-refractivity contribution in [1.29, 1.82) is 0 Å². The van der Waals surface area contributed by atoms with Crippen molar-refractivity contribution in [1.82, 2.24) is 0 Å². The Hall–Kier alpha value is -4.33. The van der Waals surface area contributed by atoms with E-state index in [4.69, 9.17) is 37.9 Å². The first kappa shape index (κ1) is 87.1. The van der Waals surface area contributed by atoms with Gasteiger partial charge in [0, 0.05) is 0 Å². The van der Waals surface area contributed by atoms with Gasteiger partial charge in [-0.3, -0.25) is 0 Å². The van der Waals surface area contributed by atoms with Crippen LogP contribution >= 0.6 is 0 Å². The highest BCUT2D eigenvalue weighted by Crippen LogP contribution is 2.39. The molecule has 0 saturated carbocycles. The molecular formula is C88H150O9Si2. The lowest BCUT2D eigenvalue weighted by Gasteiger charge is -2.38. The molecule has 0 heterocycles. The Morgan fingerprint density at radius 1 is 0.202 bits per heavy atom. The third-order valence-corrected chi connectivity index (χ3v) is 26.1. The predicted octanol–water partition coefficient (Wildman–Crippen LogP) is 24.0. The SMILES string of the molecule is CCCCCC(C)(C)Oc1cccc(OC(C)(C)CCCCC)c1[SiH](O[SiH](c1c(OC(C)(C)CCCCC)cccc1OC(C)(C)CCCCC)c1c(OC(C)(C)CCCCC)cccc1OC(C)(C)CCCCC)c1c(OC(C)(C)CCCCC)cccc1OC(C)(C)CCCCC. The van der Waals surface area contributed by atoms with Gasteiger partial charge in [-0.15, -0.1) is 0 Å². The number of hydrogen-bond acceptors (Lipinski definition) is 9. The minimum atomic E-state index is -3.54. The zero-order chi connectivity index (χ0) is 73.6. The Morgan fingerprint density at radius 2 is 0.323 bits per heavy atom. The van der Waals surface area contributed by atoms with Crippen LogP contribution in [0.25, 0.3) is 0 Å². The largest absolute Gasteiger partial charge is 0.488 e. The van der Waals surface area contributed by atoms with Crippen LogP contribution in [-0.4, -0.2) is 62.9 Å². The van der Waals surface area contributed by atoms with E-state index in [1.165, 1.54) is 0 Å². The van der Waals surface area contributed by atoms with Gasteiger partial charge in [-0.05, 0) is 262 Å². The van der Waals surface area contributed by atoms with E-state index < -0.39 is 62.9 Å². The molecule has 0 aliphatic heterocycles. The second-order valence-corrected chi connectivity index (χ2v) is 39.0. The average Bonchev–Trinajstić information content (AvgIpc) is 0.748. The first-order chi connectivity index (χ1) is 46.7. The van der Waals surface area contributed by atoms with Crippen LogP contribution in [0.5, 0.6) is 46.0 Å². The van der Waals surface area contributed by atoms with E-state index in [2.05, 4.69) is 239 Å². The molecular weight excluding hydrogens is 1260 g/mol. The van der Waals surface area contributed by atoms with Gasteiger partial charge in [-0.2, -0.15) is 0 Å². The van der Waals surface area contributed by atoms with Gasteiger partial charge >= 0.3 is 0 Å². The van der Waals surface area contributed by atoms with E-state index in [9.17, 15) is 4.12 Å². The number of ether oxygens (including phenoxy) is 8. The maximum atomic E-state index is 9.26. The Balaban J connectivity index is 2.60. The molecule has 11 heteroatoms. The standard InChI is InChI=1S/C88H150O9Si2/c1-25-33-41-61-81(9,10)89-69-53-49-54-70(90-82(11,12)62-42-34-26-2)77(69)98(78-71(91-83(13,14)63-43-35-27-3)55-50-56-72(78)92-84(15,16)64-44-36-28-4)97-99(79-73(93-85(17,18)65-45-37-29-5)57-51-58-74(79)94-86(19,20)66-46-38-30-6)80-75(95-87(21,22)67-47-39-31-7)59-52-60-76(80)96-88(23,24)68-48-40-32-8/h49-60,98-99H,25-48,61-68H2,1-24H3. The molecule has 0 aliphatic carbocycles. The van der Waals surface area contributed by atoms with Gasteiger partial charge in [0.15, 0.2) is 0 Å². The molecule has 0 N–H and O–H groups in total. The third-order valence-electron chi connectivity index (χ3n) is 19.6. The topological polar surface area (TPSA) is 83.1 Å². The minimum absolute atomic E-state index is 0.574. The third kappa shape index (κ3) is 30.9.